The van der Waals surface area contributed by atoms with E-state index in [-0.39, 0.29) is 0 Å². The second-order valence-corrected chi connectivity index (χ2v) is 4.27. The molecule has 0 radical (unpaired) electrons. The number of aromatic nitrogens is 5. The molecule has 5 nitrogen and oxygen atoms in total. The molecule has 6 heteroatoms. The Kier molecular flexibility index (Phi) is 2.12. The van der Waals surface area contributed by atoms with Gasteiger partial charge in [-0.05, 0) is 18.3 Å². The van der Waals surface area contributed by atoms with Gasteiger partial charge >= 0.3 is 0 Å². The summed E-state index contributed by atoms with van der Waals surface area (Å²) in [7, 11) is 3.76. The van der Waals surface area contributed by atoms with Crippen molar-refractivity contribution < 1.29 is 0 Å². The first-order valence-corrected chi connectivity index (χ1v) is 5.63. The number of H-pyrrole nitrogens is 1. The molecule has 17 heavy (non-hydrogen) atoms. The van der Waals surface area contributed by atoms with Gasteiger partial charge in [0.05, 0.1) is 5.52 Å². The summed E-state index contributed by atoms with van der Waals surface area (Å²) < 4.78 is 4.07. The van der Waals surface area contributed by atoms with E-state index in [1.807, 2.05) is 43.0 Å². The summed E-state index contributed by atoms with van der Waals surface area (Å²) in [5.41, 5.74) is 1.90. The van der Waals surface area contributed by atoms with Crippen LogP contribution in [-0.2, 0) is 14.1 Å². The molecule has 0 unspecified atom stereocenters. The van der Waals surface area contributed by atoms with E-state index in [1.165, 1.54) is 0 Å². The maximum atomic E-state index is 5.09. The maximum absolute atomic E-state index is 5.09. The number of aryl methyl sites for hydroxylation is 2. The highest BCUT2D eigenvalue weighted by Gasteiger charge is 2.12. The van der Waals surface area contributed by atoms with E-state index in [1.54, 1.807) is 4.68 Å². The predicted octanol–water partition coefficient (Wildman–Crippen LogP) is 2.03. The lowest BCUT2D eigenvalue weighted by Crippen LogP contribution is -1.91. The summed E-state index contributed by atoms with van der Waals surface area (Å²) >= 11 is 5.09. The van der Waals surface area contributed by atoms with Gasteiger partial charge in [0.1, 0.15) is 5.69 Å². The summed E-state index contributed by atoms with van der Waals surface area (Å²) in [6.45, 7) is 0. The van der Waals surface area contributed by atoms with Crippen LogP contribution in [0.3, 0.4) is 0 Å². The third kappa shape index (κ3) is 1.49. The number of para-hydroxylation sites is 1. The van der Waals surface area contributed by atoms with Crippen molar-refractivity contribution in [3.05, 3.63) is 29.0 Å². The van der Waals surface area contributed by atoms with Gasteiger partial charge in [-0.25, -0.2) is 0 Å². The van der Waals surface area contributed by atoms with Crippen LogP contribution in [0.25, 0.3) is 22.4 Å². The van der Waals surface area contributed by atoms with Crippen LogP contribution >= 0.6 is 12.2 Å². The molecule has 0 aliphatic heterocycles. The fraction of sp³-hybridized carbons (Fsp3) is 0.182. The van der Waals surface area contributed by atoms with Crippen LogP contribution in [0.5, 0.6) is 0 Å². The third-order valence-corrected chi connectivity index (χ3v) is 3.12. The van der Waals surface area contributed by atoms with E-state index in [9.17, 15) is 0 Å². The zero-order valence-electron chi connectivity index (χ0n) is 9.51. The Hall–Kier alpha value is -1.95. The zero-order valence-corrected chi connectivity index (χ0v) is 10.3. The standard InChI is InChI=1S/C11H11N5S/c1-15-8-6-4-3-5-7(8)9(13-15)10-12-11(17)16(2)14-10/h3-6H,1-2H3,(H,12,14,17). The van der Waals surface area contributed by atoms with Crippen LogP contribution in [0.2, 0.25) is 0 Å². The number of rotatable bonds is 1. The van der Waals surface area contributed by atoms with Crippen molar-refractivity contribution in [2.24, 2.45) is 14.1 Å². The Bertz CT molecular complexity index is 749. The largest absolute Gasteiger partial charge is 0.278 e. The molecule has 1 aromatic carbocycles. The van der Waals surface area contributed by atoms with Crippen molar-refractivity contribution in [3.63, 3.8) is 0 Å². The Labute approximate surface area is 103 Å². The van der Waals surface area contributed by atoms with E-state index in [0.717, 1.165) is 16.6 Å². The van der Waals surface area contributed by atoms with Crippen LogP contribution in [0.4, 0.5) is 0 Å². The van der Waals surface area contributed by atoms with E-state index in [2.05, 4.69) is 15.2 Å². The lowest BCUT2D eigenvalue weighted by atomic mass is 10.2. The first kappa shape index (κ1) is 10.2. The number of hydrogen-bond donors (Lipinski definition) is 1. The molecule has 3 rings (SSSR count). The molecule has 3 aromatic rings. The third-order valence-electron chi connectivity index (χ3n) is 2.75. The first-order valence-electron chi connectivity index (χ1n) is 5.22. The number of hydrogen-bond acceptors (Lipinski definition) is 3. The highest BCUT2D eigenvalue weighted by Crippen LogP contribution is 2.24. The van der Waals surface area contributed by atoms with Crippen molar-refractivity contribution in [1.82, 2.24) is 24.5 Å². The Morgan fingerprint density at radius 2 is 2.00 bits per heavy atom. The minimum Gasteiger partial charge on any atom is -0.278 e. The van der Waals surface area contributed by atoms with Gasteiger partial charge in [-0.15, -0.1) is 0 Å². The molecule has 0 amide bonds. The van der Waals surface area contributed by atoms with E-state index < -0.39 is 0 Å². The minimum absolute atomic E-state index is 0.523. The highest BCUT2D eigenvalue weighted by atomic mass is 32.1. The lowest BCUT2D eigenvalue weighted by molar-refractivity contribution is 0.752. The molecular weight excluding hydrogens is 234 g/mol. The molecule has 2 heterocycles. The quantitative estimate of drug-likeness (QED) is 0.667. The second-order valence-electron chi connectivity index (χ2n) is 3.90. The first-order chi connectivity index (χ1) is 8.16. The van der Waals surface area contributed by atoms with E-state index >= 15 is 0 Å². The summed E-state index contributed by atoms with van der Waals surface area (Å²) in [5.74, 6) is 0.703. The van der Waals surface area contributed by atoms with E-state index in [0.29, 0.717) is 10.6 Å². The molecule has 1 N–H and O–H groups in total. The smallest absolute Gasteiger partial charge is 0.216 e. The zero-order chi connectivity index (χ0) is 12.0. The highest BCUT2D eigenvalue weighted by molar-refractivity contribution is 7.71. The van der Waals surface area contributed by atoms with Gasteiger partial charge in [0.15, 0.2) is 5.82 Å². The molecule has 0 saturated carbocycles. The van der Waals surface area contributed by atoms with Crippen molar-refractivity contribution in [1.29, 1.82) is 0 Å². The van der Waals surface area contributed by atoms with Gasteiger partial charge in [-0.2, -0.15) is 10.1 Å². The van der Waals surface area contributed by atoms with Gasteiger partial charge < -0.3 is 0 Å². The van der Waals surface area contributed by atoms with Gasteiger partial charge in [0.25, 0.3) is 0 Å². The molecule has 2 aromatic heterocycles. The van der Waals surface area contributed by atoms with Crippen LogP contribution in [-0.4, -0.2) is 24.5 Å². The summed E-state index contributed by atoms with van der Waals surface area (Å²) in [6, 6.07) is 8.05. The molecule has 0 bridgehead atoms. The number of nitrogens with zero attached hydrogens (tertiary/aromatic N) is 4. The van der Waals surface area contributed by atoms with Crippen molar-refractivity contribution in [2.45, 2.75) is 0 Å². The molecule has 86 valence electrons. The summed E-state index contributed by atoms with van der Waals surface area (Å²) in [4.78, 5) is 4.29. The van der Waals surface area contributed by atoms with Gasteiger partial charge in [0, 0.05) is 19.5 Å². The number of benzene rings is 1. The predicted molar refractivity (Wildman–Crippen MR) is 68.1 cm³/mol. The van der Waals surface area contributed by atoms with Gasteiger partial charge in [-0.3, -0.25) is 14.5 Å². The average Bonchev–Trinajstić information content (AvgIpc) is 2.82. The maximum Gasteiger partial charge on any atom is 0.216 e. The molecule has 0 saturated heterocycles. The molecular formula is C11H11N5S. The Morgan fingerprint density at radius 1 is 1.24 bits per heavy atom. The molecule has 0 aliphatic rings. The molecule has 0 spiro atoms. The van der Waals surface area contributed by atoms with Crippen molar-refractivity contribution in [2.75, 3.05) is 0 Å². The fourth-order valence-electron chi connectivity index (χ4n) is 1.90. The van der Waals surface area contributed by atoms with Crippen LogP contribution < -0.4 is 0 Å². The number of nitrogens with one attached hydrogen (secondary N) is 1. The number of aromatic amines is 1. The fourth-order valence-corrected chi connectivity index (χ4v) is 2.03. The molecule has 0 aliphatic carbocycles. The Balaban J connectivity index is 2.34. The van der Waals surface area contributed by atoms with Crippen molar-refractivity contribution in [3.8, 4) is 11.5 Å². The second kappa shape index (κ2) is 3.53. The summed E-state index contributed by atoms with van der Waals surface area (Å²) in [5, 5.41) is 8.64. The lowest BCUT2D eigenvalue weighted by Gasteiger charge is -1.91. The Morgan fingerprint density at radius 3 is 2.71 bits per heavy atom. The summed E-state index contributed by atoms with van der Waals surface area (Å²) in [6.07, 6.45) is 0. The minimum atomic E-state index is 0.523. The molecule has 0 fully saturated rings. The SMILES string of the molecule is Cn1[nH]c(-c2nn(C)c3ccccc23)nc1=S. The van der Waals surface area contributed by atoms with Gasteiger partial charge in [0.2, 0.25) is 4.77 Å². The van der Waals surface area contributed by atoms with Crippen molar-refractivity contribution >= 4 is 23.1 Å². The van der Waals surface area contributed by atoms with Crippen LogP contribution in [0.15, 0.2) is 24.3 Å². The number of fused-ring (bicyclic) bond motifs is 1. The average molecular weight is 245 g/mol. The normalized spacial score (nSPS) is 11.2. The van der Waals surface area contributed by atoms with Crippen LogP contribution in [0, 0.1) is 4.77 Å². The molecule has 0 atom stereocenters. The van der Waals surface area contributed by atoms with E-state index in [4.69, 9.17) is 12.2 Å². The topological polar surface area (TPSA) is 51.4 Å². The van der Waals surface area contributed by atoms with Gasteiger partial charge in [-0.1, -0.05) is 18.2 Å². The monoisotopic (exact) mass is 245 g/mol. The van der Waals surface area contributed by atoms with Crippen LogP contribution in [0.1, 0.15) is 0 Å².